The highest BCUT2D eigenvalue weighted by molar-refractivity contribution is 14.1. The number of aryl methyl sites for hydroxylation is 1. The normalized spacial score (nSPS) is 18.6. The van der Waals surface area contributed by atoms with Crippen LogP contribution in [0.1, 0.15) is 49.5 Å². The minimum Gasteiger partial charge on any atom is -0.461 e. The van der Waals surface area contributed by atoms with Crippen LogP contribution in [0.25, 0.3) is 21.8 Å². The first-order valence-corrected chi connectivity index (χ1v) is 12.4. The maximum Gasteiger partial charge on any atom is 0.306 e. The van der Waals surface area contributed by atoms with Gasteiger partial charge in [0.25, 0.3) is 5.56 Å². The summed E-state index contributed by atoms with van der Waals surface area (Å²) in [5.41, 5.74) is 2.43. The number of carbonyl (C=O) groups is 1. The number of nitrogens with zero attached hydrogens (tertiary/aromatic N) is 2. The van der Waals surface area contributed by atoms with E-state index in [1.807, 2.05) is 53.1 Å². The van der Waals surface area contributed by atoms with Gasteiger partial charge in [-0.3, -0.25) is 9.59 Å². The SMILES string of the molecule is Cc1onc2c1c(=O)n([C@H]1CCC[C@@H](CC(=O)OCc3ccccc3)C1)c1cccc(I)c21. The predicted molar refractivity (Wildman–Crippen MR) is 135 cm³/mol. The third-order valence-corrected chi connectivity index (χ3v) is 7.50. The molecule has 2 aromatic heterocycles. The molecule has 0 radical (unpaired) electrons. The number of aromatic nitrogens is 2. The van der Waals surface area contributed by atoms with Gasteiger partial charge in [0.05, 0.1) is 5.52 Å². The fraction of sp³-hybridized carbons (Fsp3) is 0.346. The number of hydrogen-bond donors (Lipinski definition) is 0. The number of carbonyl (C=O) groups excluding carboxylic acids is 1. The van der Waals surface area contributed by atoms with E-state index in [-0.39, 0.29) is 23.5 Å². The highest BCUT2D eigenvalue weighted by atomic mass is 127. The van der Waals surface area contributed by atoms with Gasteiger partial charge < -0.3 is 13.8 Å². The van der Waals surface area contributed by atoms with Crippen LogP contribution < -0.4 is 5.56 Å². The lowest BCUT2D eigenvalue weighted by Crippen LogP contribution is -2.30. The van der Waals surface area contributed by atoms with Gasteiger partial charge in [-0.05, 0) is 72.4 Å². The second-order valence-corrected chi connectivity index (χ2v) is 9.97. The third kappa shape index (κ3) is 4.30. The molecule has 1 aliphatic carbocycles. The van der Waals surface area contributed by atoms with Crippen LogP contribution in [0.15, 0.2) is 57.8 Å². The first kappa shape index (κ1) is 22.1. The van der Waals surface area contributed by atoms with E-state index in [2.05, 4.69) is 27.7 Å². The number of halogens is 1. The Balaban J connectivity index is 1.41. The molecule has 2 heterocycles. The summed E-state index contributed by atoms with van der Waals surface area (Å²) in [7, 11) is 0. The Morgan fingerprint density at radius 2 is 1.97 bits per heavy atom. The van der Waals surface area contributed by atoms with E-state index in [1.165, 1.54) is 0 Å². The van der Waals surface area contributed by atoms with Crippen molar-refractivity contribution in [1.82, 2.24) is 9.72 Å². The molecule has 1 fully saturated rings. The molecule has 2 atom stereocenters. The van der Waals surface area contributed by atoms with Crippen molar-refractivity contribution in [3.05, 3.63) is 73.8 Å². The van der Waals surface area contributed by atoms with Crippen LogP contribution in [0, 0.1) is 16.4 Å². The number of rotatable bonds is 5. The molecule has 5 rings (SSSR count). The van der Waals surface area contributed by atoms with E-state index in [1.54, 1.807) is 6.92 Å². The molecule has 0 bridgehead atoms. The summed E-state index contributed by atoms with van der Waals surface area (Å²) >= 11 is 2.29. The molecule has 0 N–H and O–H groups in total. The van der Waals surface area contributed by atoms with Crippen molar-refractivity contribution in [1.29, 1.82) is 0 Å². The molecule has 6 nitrogen and oxygen atoms in total. The average molecular weight is 556 g/mol. The van der Waals surface area contributed by atoms with Crippen LogP contribution >= 0.6 is 22.6 Å². The molecule has 0 spiro atoms. The van der Waals surface area contributed by atoms with Gasteiger partial charge >= 0.3 is 5.97 Å². The Bertz CT molecular complexity index is 1380. The van der Waals surface area contributed by atoms with Crippen molar-refractivity contribution in [2.75, 3.05) is 0 Å². The quantitative estimate of drug-likeness (QED) is 0.225. The van der Waals surface area contributed by atoms with Gasteiger partial charge in [-0.15, -0.1) is 0 Å². The van der Waals surface area contributed by atoms with E-state index < -0.39 is 0 Å². The van der Waals surface area contributed by atoms with Crippen LogP contribution in [0.5, 0.6) is 0 Å². The molecule has 4 aromatic rings. The molecule has 1 aliphatic rings. The first-order chi connectivity index (χ1) is 16.0. The zero-order chi connectivity index (χ0) is 22.9. The summed E-state index contributed by atoms with van der Waals surface area (Å²) < 4.78 is 13.9. The second kappa shape index (κ2) is 9.29. The molecule has 170 valence electrons. The fourth-order valence-electron chi connectivity index (χ4n) is 5.05. The molecule has 1 saturated carbocycles. The summed E-state index contributed by atoms with van der Waals surface area (Å²) in [4.78, 5) is 26.1. The molecular weight excluding hydrogens is 531 g/mol. The predicted octanol–water partition coefficient (Wildman–Crippen LogP) is 5.92. The Labute approximate surface area is 205 Å². The molecular formula is C26H25IN2O4. The summed E-state index contributed by atoms with van der Waals surface area (Å²) in [6.45, 7) is 2.08. The number of hydrogen-bond acceptors (Lipinski definition) is 5. The highest BCUT2D eigenvalue weighted by Crippen LogP contribution is 2.37. The van der Waals surface area contributed by atoms with E-state index in [9.17, 15) is 9.59 Å². The van der Waals surface area contributed by atoms with E-state index in [4.69, 9.17) is 9.26 Å². The summed E-state index contributed by atoms with van der Waals surface area (Å²) in [6, 6.07) is 15.7. The summed E-state index contributed by atoms with van der Waals surface area (Å²) in [5, 5.41) is 5.70. The van der Waals surface area contributed by atoms with Gasteiger partial charge in [0, 0.05) is 21.4 Å². The standard InChI is InChI=1S/C26H25IN2O4/c1-16-23-25(28-33-16)24-20(27)11-6-12-21(24)29(26(23)31)19-10-5-9-18(13-19)14-22(30)32-15-17-7-3-2-4-8-17/h2-4,6-8,11-12,18-19H,5,9-10,13-15H2,1H3/t18-,19+/m1/s1. The van der Waals surface area contributed by atoms with Crippen molar-refractivity contribution < 1.29 is 14.1 Å². The van der Waals surface area contributed by atoms with Crippen molar-refractivity contribution in [3.8, 4) is 0 Å². The Hall–Kier alpha value is -2.68. The Morgan fingerprint density at radius 3 is 2.79 bits per heavy atom. The lowest BCUT2D eigenvalue weighted by molar-refractivity contribution is -0.146. The molecule has 0 saturated heterocycles. The number of ether oxygens (including phenoxy) is 1. The van der Waals surface area contributed by atoms with Crippen molar-refractivity contribution >= 4 is 50.4 Å². The maximum atomic E-state index is 13.6. The van der Waals surface area contributed by atoms with Crippen molar-refractivity contribution in [3.63, 3.8) is 0 Å². The second-order valence-electron chi connectivity index (χ2n) is 8.81. The fourth-order valence-corrected chi connectivity index (χ4v) is 5.79. The summed E-state index contributed by atoms with van der Waals surface area (Å²) in [6.07, 6.45) is 4.00. The monoisotopic (exact) mass is 556 g/mol. The molecule has 0 amide bonds. The molecule has 0 aliphatic heterocycles. The zero-order valence-electron chi connectivity index (χ0n) is 18.4. The minimum atomic E-state index is -0.179. The number of benzene rings is 2. The summed E-state index contributed by atoms with van der Waals surface area (Å²) in [5.74, 6) is 0.555. The van der Waals surface area contributed by atoms with Crippen molar-refractivity contribution in [2.24, 2.45) is 5.92 Å². The minimum absolute atomic E-state index is 0.0255. The van der Waals surface area contributed by atoms with Gasteiger partial charge in [-0.2, -0.15) is 0 Å². The van der Waals surface area contributed by atoms with Gasteiger partial charge in [0.1, 0.15) is 23.3 Å². The van der Waals surface area contributed by atoms with Crippen LogP contribution in [0.2, 0.25) is 0 Å². The molecule has 2 aromatic carbocycles. The van der Waals surface area contributed by atoms with E-state index in [0.717, 1.165) is 45.7 Å². The number of fused-ring (bicyclic) bond motifs is 3. The van der Waals surface area contributed by atoms with E-state index in [0.29, 0.717) is 29.7 Å². The van der Waals surface area contributed by atoms with Crippen molar-refractivity contribution in [2.45, 2.75) is 51.7 Å². The topological polar surface area (TPSA) is 74.3 Å². The van der Waals surface area contributed by atoms with Crippen LogP contribution in [-0.4, -0.2) is 15.7 Å². The smallest absolute Gasteiger partial charge is 0.306 e. The number of pyridine rings is 1. The highest BCUT2D eigenvalue weighted by Gasteiger charge is 2.29. The first-order valence-electron chi connectivity index (χ1n) is 11.3. The Kier molecular flexibility index (Phi) is 6.23. The maximum absolute atomic E-state index is 13.6. The van der Waals surface area contributed by atoms with Crippen LogP contribution in [-0.2, 0) is 16.1 Å². The lowest BCUT2D eigenvalue weighted by atomic mass is 9.83. The van der Waals surface area contributed by atoms with Gasteiger partial charge in [-0.1, -0.05) is 48.0 Å². The molecule has 33 heavy (non-hydrogen) atoms. The van der Waals surface area contributed by atoms with E-state index >= 15 is 0 Å². The van der Waals surface area contributed by atoms with Gasteiger partial charge in [0.15, 0.2) is 0 Å². The zero-order valence-corrected chi connectivity index (χ0v) is 20.6. The molecule has 0 unspecified atom stereocenters. The average Bonchev–Trinajstić information content (AvgIpc) is 3.20. The lowest BCUT2D eigenvalue weighted by Gasteiger charge is -2.31. The van der Waals surface area contributed by atoms with Crippen LogP contribution in [0.4, 0.5) is 0 Å². The largest absolute Gasteiger partial charge is 0.461 e. The van der Waals surface area contributed by atoms with Crippen LogP contribution in [0.3, 0.4) is 0 Å². The molecule has 7 heteroatoms. The van der Waals surface area contributed by atoms with Gasteiger partial charge in [0.2, 0.25) is 0 Å². The van der Waals surface area contributed by atoms with Gasteiger partial charge in [-0.25, -0.2) is 0 Å². The Morgan fingerprint density at radius 1 is 1.15 bits per heavy atom. The third-order valence-electron chi connectivity index (χ3n) is 6.60. The number of esters is 1.